The van der Waals surface area contributed by atoms with E-state index in [0.717, 1.165) is 6.26 Å². The fraction of sp³-hybridized carbons (Fsp3) is 0.133. The summed E-state index contributed by atoms with van der Waals surface area (Å²) in [5.41, 5.74) is 0.925. The molecule has 0 aliphatic carbocycles. The summed E-state index contributed by atoms with van der Waals surface area (Å²) in [4.78, 5) is 12.5. The maximum Gasteiger partial charge on any atom is 0.193 e. The lowest BCUT2D eigenvalue weighted by molar-refractivity contribution is 0.103. The average molecular weight is 369 g/mol. The molecule has 6 heteroatoms. The summed E-state index contributed by atoms with van der Waals surface area (Å²) in [6.45, 7) is 0. The Morgan fingerprint density at radius 1 is 1.05 bits per heavy atom. The van der Waals surface area contributed by atoms with Gasteiger partial charge in [0.15, 0.2) is 15.6 Å². The number of ketones is 1. The van der Waals surface area contributed by atoms with Gasteiger partial charge in [0, 0.05) is 17.4 Å². The van der Waals surface area contributed by atoms with E-state index in [1.54, 1.807) is 25.3 Å². The molecule has 110 valence electrons. The first-order chi connectivity index (χ1) is 9.82. The van der Waals surface area contributed by atoms with Crippen LogP contribution in [0, 0.1) is 0 Å². The van der Waals surface area contributed by atoms with Gasteiger partial charge in [-0.05, 0) is 58.4 Å². The number of hydrogen-bond acceptors (Lipinski definition) is 4. The van der Waals surface area contributed by atoms with Gasteiger partial charge in [0.2, 0.25) is 0 Å². The van der Waals surface area contributed by atoms with Crippen molar-refractivity contribution >= 4 is 31.6 Å². The summed E-state index contributed by atoms with van der Waals surface area (Å²) in [6, 6.07) is 10.9. The Morgan fingerprint density at radius 3 is 2.10 bits per heavy atom. The van der Waals surface area contributed by atoms with E-state index < -0.39 is 9.84 Å². The standard InChI is InChI=1S/C15H13BrO4S/c1-20-14-8-5-11(9-13(14)16)15(17)10-3-6-12(7-4-10)21(2,18)19/h3-9H,1-2H3. The lowest BCUT2D eigenvalue weighted by atomic mass is 10.0. The molecule has 0 heterocycles. The molecule has 2 aromatic carbocycles. The molecule has 0 saturated heterocycles. The highest BCUT2D eigenvalue weighted by Crippen LogP contribution is 2.26. The quantitative estimate of drug-likeness (QED) is 0.778. The highest BCUT2D eigenvalue weighted by Gasteiger charge is 2.13. The minimum atomic E-state index is -3.26. The summed E-state index contributed by atoms with van der Waals surface area (Å²) < 4.78 is 28.6. The zero-order valence-electron chi connectivity index (χ0n) is 11.5. The normalized spacial score (nSPS) is 11.2. The molecule has 0 radical (unpaired) electrons. The molecule has 0 bridgehead atoms. The molecule has 21 heavy (non-hydrogen) atoms. The SMILES string of the molecule is COc1ccc(C(=O)c2ccc(S(C)(=O)=O)cc2)cc1Br. The van der Waals surface area contributed by atoms with E-state index in [2.05, 4.69) is 15.9 Å². The maximum atomic E-state index is 12.3. The molecule has 2 aromatic rings. The van der Waals surface area contributed by atoms with Crippen LogP contribution in [0.5, 0.6) is 5.75 Å². The molecule has 0 amide bonds. The molecular formula is C15H13BrO4S. The molecule has 0 aliphatic rings. The Kier molecular flexibility index (Phi) is 4.49. The molecule has 0 aromatic heterocycles. The van der Waals surface area contributed by atoms with Crippen LogP contribution in [0.3, 0.4) is 0 Å². The van der Waals surface area contributed by atoms with Gasteiger partial charge in [0.05, 0.1) is 16.5 Å². The lowest BCUT2D eigenvalue weighted by Crippen LogP contribution is -2.03. The number of methoxy groups -OCH3 is 1. The Balaban J connectivity index is 2.34. The fourth-order valence-electron chi connectivity index (χ4n) is 1.83. The van der Waals surface area contributed by atoms with Gasteiger partial charge in [-0.25, -0.2) is 8.42 Å². The Labute approximate surface area is 131 Å². The molecule has 0 unspecified atom stereocenters. The summed E-state index contributed by atoms with van der Waals surface area (Å²) >= 11 is 3.33. The Hall–Kier alpha value is -1.66. The first-order valence-electron chi connectivity index (χ1n) is 6.01. The van der Waals surface area contributed by atoms with E-state index >= 15 is 0 Å². The average Bonchev–Trinajstić information content (AvgIpc) is 2.45. The van der Waals surface area contributed by atoms with Crippen LogP contribution in [0.15, 0.2) is 51.8 Å². The molecule has 0 N–H and O–H groups in total. The first-order valence-corrected chi connectivity index (χ1v) is 8.69. The van der Waals surface area contributed by atoms with Crippen molar-refractivity contribution < 1.29 is 17.9 Å². The van der Waals surface area contributed by atoms with Gasteiger partial charge in [-0.15, -0.1) is 0 Å². The summed E-state index contributed by atoms with van der Waals surface area (Å²) in [6.07, 6.45) is 1.13. The van der Waals surface area contributed by atoms with Gasteiger partial charge in [-0.3, -0.25) is 4.79 Å². The van der Waals surface area contributed by atoms with Crippen molar-refractivity contribution in [3.63, 3.8) is 0 Å². The van der Waals surface area contributed by atoms with E-state index in [9.17, 15) is 13.2 Å². The van der Waals surface area contributed by atoms with Gasteiger partial charge in [0.1, 0.15) is 5.75 Å². The van der Waals surface area contributed by atoms with Gasteiger partial charge < -0.3 is 4.74 Å². The van der Waals surface area contributed by atoms with Crippen LogP contribution in [0.1, 0.15) is 15.9 Å². The summed E-state index contributed by atoms with van der Waals surface area (Å²) in [7, 11) is -1.71. The molecule has 0 atom stereocenters. The van der Waals surface area contributed by atoms with Gasteiger partial charge in [0.25, 0.3) is 0 Å². The third-order valence-corrected chi connectivity index (χ3v) is 4.71. The van der Waals surface area contributed by atoms with Crippen LogP contribution >= 0.6 is 15.9 Å². The number of sulfone groups is 1. The van der Waals surface area contributed by atoms with E-state index in [4.69, 9.17) is 4.74 Å². The molecule has 0 spiro atoms. The Bertz CT molecular complexity index is 780. The molecule has 0 aliphatic heterocycles. The van der Waals surface area contributed by atoms with Crippen molar-refractivity contribution in [3.05, 3.63) is 58.1 Å². The van der Waals surface area contributed by atoms with Crippen LogP contribution in [0.25, 0.3) is 0 Å². The van der Waals surface area contributed by atoms with Crippen molar-refractivity contribution in [3.8, 4) is 5.75 Å². The van der Waals surface area contributed by atoms with E-state index in [1.807, 2.05) is 0 Å². The third kappa shape index (κ3) is 3.51. The highest BCUT2D eigenvalue weighted by molar-refractivity contribution is 9.10. The smallest absolute Gasteiger partial charge is 0.193 e. The number of carbonyl (C=O) groups is 1. The fourth-order valence-corrected chi connectivity index (χ4v) is 3.00. The van der Waals surface area contributed by atoms with Crippen molar-refractivity contribution in [1.29, 1.82) is 0 Å². The van der Waals surface area contributed by atoms with Crippen LogP contribution in [0.4, 0.5) is 0 Å². The zero-order chi connectivity index (χ0) is 15.6. The predicted octanol–water partition coefficient (Wildman–Crippen LogP) is 3.09. The number of hydrogen-bond donors (Lipinski definition) is 0. The molecule has 0 fully saturated rings. The summed E-state index contributed by atoms with van der Waals surface area (Å²) in [5, 5.41) is 0. The number of carbonyl (C=O) groups excluding carboxylic acids is 1. The van der Waals surface area contributed by atoms with Crippen molar-refractivity contribution in [2.24, 2.45) is 0 Å². The number of halogens is 1. The second-order valence-corrected chi connectivity index (χ2v) is 7.35. The summed E-state index contributed by atoms with van der Waals surface area (Å²) in [5.74, 6) is 0.456. The predicted molar refractivity (Wildman–Crippen MR) is 83.7 cm³/mol. The second kappa shape index (κ2) is 5.99. The zero-order valence-corrected chi connectivity index (χ0v) is 13.9. The molecule has 0 saturated carbocycles. The van der Waals surface area contributed by atoms with Gasteiger partial charge in [-0.1, -0.05) is 0 Å². The lowest BCUT2D eigenvalue weighted by Gasteiger charge is -2.06. The first kappa shape index (κ1) is 15.7. The van der Waals surface area contributed by atoms with Crippen molar-refractivity contribution in [2.45, 2.75) is 4.90 Å². The monoisotopic (exact) mass is 368 g/mol. The maximum absolute atomic E-state index is 12.3. The minimum absolute atomic E-state index is 0.182. The topological polar surface area (TPSA) is 60.4 Å². The van der Waals surface area contributed by atoms with Crippen LogP contribution in [-0.2, 0) is 9.84 Å². The molecular weight excluding hydrogens is 356 g/mol. The minimum Gasteiger partial charge on any atom is -0.496 e. The van der Waals surface area contributed by atoms with Gasteiger partial charge in [-0.2, -0.15) is 0 Å². The second-order valence-electron chi connectivity index (χ2n) is 4.47. The van der Waals surface area contributed by atoms with Crippen LogP contribution < -0.4 is 4.74 Å². The largest absolute Gasteiger partial charge is 0.496 e. The molecule has 4 nitrogen and oxygen atoms in total. The van der Waals surface area contributed by atoms with Crippen LogP contribution in [-0.4, -0.2) is 27.6 Å². The van der Waals surface area contributed by atoms with Crippen molar-refractivity contribution in [2.75, 3.05) is 13.4 Å². The highest BCUT2D eigenvalue weighted by atomic mass is 79.9. The van der Waals surface area contributed by atoms with Crippen molar-refractivity contribution in [1.82, 2.24) is 0 Å². The third-order valence-electron chi connectivity index (χ3n) is 2.96. The Morgan fingerprint density at radius 2 is 1.62 bits per heavy atom. The number of benzene rings is 2. The van der Waals surface area contributed by atoms with Gasteiger partial charge >= 0.3 is 0 Å². The van der Waals surface area contributed by atoms with Crippen LogP contribution in [0.2, 0.25) is 0 Å². The van der Waals surface area contributed by atoms with E-state index in [-0.39, 0.29) is 10.7 Å². The number of ether oxygens (including phenoxy) is 1. The number of rotatable bonds is 4. The van der Waals surface area contributed by atoms with E-state index in [0.29, 0.717) is 21.3 Å². The van der Waals surface area contributed by atoms with E-state index in [1.165, 1.54) is 24.3 Å². The molecule has 2 rings (SSSR count).